The molecule has 1 N–H and O–H groups in total. The smallest absolute Gasteiger partial charge is 0.125 e. The third-order valence-corrected chi connectivity index (χ3v) is 5.44. The number of aromatic nitrogens is 1. The maximum Gasteiger partial charge on any atom is 0.125 e. The van der Waals surface area contributed by atoms with E-state index in [1.54, 1.807) is 0 Å². The summed E-state index contributed by atoms with van der Waals surface area (Å²) in [6.07, 6.45) is 3.66. The van der Waals surface area contributed by atoms with Crippen LogP contribution in [0.4, 0.5) is 0 Å². The van der Waals surface area contributed by atoms with Gasteiger partial charge in [-0.05, 0) is 25.3 Å². The van der Waals surface area contributed by atoms with Crippen molar-refractivity contribution < 1.29 is 0 Å². The average molecular weight is 321 g/mol. The van der Waals surface area contributed by atoms with Gasteiger partial charge in [0.15, 0.2) is 0 Å². The highest BCUT2D eigenvalue weighted by Gasteiger charge is 2.25. The molecule has 1 aromatic heterocycles. The number of hydrogen-bond donors (Lipinski definition) is 1. The van der Waals surface area contributed by atoms with Crippen molar-refractivity contribution in [2.24, 2.45) is 0 Å². The van der Waals surface area contributed by atoms with Crippen LogP contribution in [0.15, 0.2) is 24.3 Å². The molecule has 2 nitrogen and oxygen atoms in total. The molecule has 1 aliphatic carbocycles. The number of aryl methyl sites for hydroxylation is 1. The fourth-order valence-corrected chi connectivity index (χ4v) is 4.34. The lowest BCUT2D eigenvalue weighted by molar-refractivity contribution is 0.475. The van der Waals surface area contributed by atoms with E-state index in [1.165, 1.54) is 23.4 Å². The SMILES string of the molecule is CC(C)NCC1CCCc2sc(-c3ccccc3Cl)nc21. The van der Waals surface area contributed by atoms with E-state index >= 15 is 0 Å². The largest absolute Gasteiger partial charge is 0.314 e. The van der Waals surface area contributed by atoms with Gasteiger partial charge in [-0.15, -0.1) is 11.3 Å². The van der Waals surface area contributed by atoms with Crippen LogP contribution in [-0.2, 0) is 6.42 Å². The second-order valence-corrected chi connectivity index (χ2v) is 7.45. The molecule has 0 saturated carbocycles. The molecule has 1 aliphatic rings. The van der Waals surface area contributed by atoms with Gasteiger partial charge in [0, 0.05) is 28.9 Å². The van der Waals surface area contributed by atoms with Crippen LogP contribution >= 0.6 is 22.9 Å². The molecule has 0 amide bonds. The van der Waals surface area contributed by atoms with Crippen LogP contribution in [0.5, 0.6) is 0 Å². The quantitative estimate of drug-likeness (QED) is 0.868. The number of rotatable bonds is 4. The van der Waals surface area contributed by atoms with Crippen LogP contribution in [0, 0.1) is 0 Å². The number of fused-ring (bicyclic) bond motifs is 1. The van der Waals surface area contributed by atoms with E-state index in [2.05, 4.69) is 25.2 Å². The molecule has 1 aromatic carbocycles. The van der Waals surface area contributed by atoms with Gasteiger partial charge in [-0.3, -0.25) is 0 Å². The standard InChI is InChI=1S/C17H21ClN2S/c1-11(2)19-10-12-6-5-9-15-16(12)20-17(21-15)13-7-3-4-8-14(13)18/h3-4,7-8,11-12,19H,5-6,9-10H2,1-2H3. The summed E-state index contributed by atoms with van der Waals surface area (Å²) in [5, 5.41) is 5.42. The fourth-order valence-electron chi connectivity index (χ4n) is 2.83. The van der Waals surface area contributed by atoms with E-state index in [4.69, 9.17) is 16.6 Å². The molecule has 21 heavy (non-hydrogen) atoms. The van der Waals surface area contributed by atoms with Crippen LogP contribution in [0.1, 0.15) is 43.2 Å². The zero-order chi connectivity index (χ0) is 14.8. The molecule has 112 valence electrons. The minimum Gasteiger partial charge on any atom is -0.314 e. The van der Waals surface area contributed by atoms with E-state index in [-0.39, 0.29) is 0 Å². The Hall–Kier alpha value is -0.900. The molecule has 3 rings (SSSR count). The summed E-state index contributed by atoms with van der Waals surface area (Å²) in [5.74, 6) is 0.545. The lowest BCUT2D eigenvalue weighted by Crippen LogP contribution is -2.29. The number of nitrogens with one attached hydrogen (secondary N) is 1. The summed E-state index contributed by atoms with van der Waals surface area (Å²) in [6, 6.07) is 8.52. The van der Waals surface area contributed by atoms with Crippen molar-refractivity contribution in [3.8, 4) is 10.6 Å². The van der Waals surface area contributed by atoms with Crippen molar-refractivity contribution in [3.63, 3.8) is 0 Å². The van der Waals surface area contributed by atoms with Gasteiger partial charge in [0.1, 0.15) is 5.01 Å². The van der Waals surface area contributed by atoms with E-state index in [0.717, 1.165) is 28.6 Å². The maximum atomic E-state index is 6.32. The molecule has 0 aliphatic heterocycles. The van der Waals surface area contributed by atoms with Crippen LogP contribution < -0.4 is 5.32 Å². The van der Waals surface area contributed by atoms with Gasteiger partial charge < -0.3 is 5.32 Å². The monoisotopic (exact) mass is 320 g/mol. The fraction of sp³-hybridized carbons (Fsp3) is 0.471. The van der Waals surface area contributed by atoms with Gasteiger partial charge >= 0.3 is 0 Å². The lowest BCUT2D eigenvalue weighted by atomic mass is 9.91. The van der Waals surface area contributed by atoms with Gasteiger partial charge in [-0.25, -0.2) is 4.98 Å². The second kappa shape index (κ2) is 6.47. The molecular weight excluding hydrogens is 300 g/mol. The Morgan fingerprint density at radius 2 is 2.19 bits per heavy atom. The predicted molar refractivity (Wildman–Crippen MR) is 91.4 cm³/mol. The summed E-state index contributed by atoms with van der Waals surface area (Å²) in [6.45, 7) is 5.41. The van der Waals surface area contributed by atoms with Crippen LogP contribution in [-0.4, -0.2) is 17.6 Å². The van der Waals surface area contributed by atoms with Crippen molar-refractivity contribution in [1.29, 1.82) is 0 Å². The van der Waals surface area contributed by atoms with E-state index in [1.807, 2.05) is 29.5 Å². The Kier molecular flexibility index (Phi) is 4.63. The first kappa shape index (κ1) is 15.0. The molecule has 1 unspecified atom stereocenters. The van der Waals surface area contributed by atoms with Crippen LogP contribution in [0.2, 0.25) is 5.02 Å². The van der Waals surface area contributed by atoms with E-state index in [9.17, 15) is 0 Å². The highest BCUT2D eigenvalue weighted by molar-refractivity contribution is 7.15. The van der Waals surface area contributed by atoms with Crippen LogP contribution in [0.25, 0.3) is 10.6 Å². The van der Waals surface area contributed by atoms with Crippen LogP contribution in [0.3, 0.4) is 0 Å². The van der Waals surface area contributed by atoms with Gasteiger partial charge in [-0.2, -0.15) is 0 Å². The third-order valence-electron chi connectivity index (χ3n) is 3.95. The number of nitrogens with zero attached hydrogens (tertiary/aromatic N) is 1. The minimum absolute atomic E-state index is 0.525. The number of halogens is 1. The number of thiazole rings is 1. The molecule has 0 saturated heterocycles. The molecule has 2 aromatic rings. The first-order chi connectivity index (χ1) is 10.1. The van der Waals surface area contributed by atoms with Crippen molar-refractivity contribution in [2.75, 3.05) is 6.54 Å². The normalized spacial score (nSPS) is 18.0. The second-order valence-electron chi connectivity index (χ2n) is 5.96. The maximum absolute atomic E-state index is 6.32. The van der Waals surface area contributed by atoms with Gasteiger partial charge in [0.2, 0.25) is 0 Å². The highest BCUT2D eigenvalue weighted by atomic mass is 35.5. The first-order valence-corrected chi connectivity index (χ1v) is 8.82. The van der Waals surface area contributed by atoms with E-state index < -0.39 is 0 Å². The molecule has 0 radical (unpaired) electrons. The Bertz CT molecular complexity index is 621. The average Bonchev–Trinajstić information content (AvgIpc) is 2.89. The minimum atomic E-state index is 0.525. The molecule has 1 heterocycles. The van der Waals surface area contributed by atoms with Gasteiger partial charge in [-0.1, -0.05) is 43.6 Å². The molecule has 4 heteroatoms. The van der Waals surface area contributed by atoms with Crippen molar-refractivity contribution in [2.45, 2.75) is 45.1 Å². The summed E-state index contributed by atoms with van der Waals surface area (Å²) in [5.41, 5.74) is 2.36. The molecular formula is C17H21ClN2S. The molecule has 0 spiro atoms. The zero-order valence-electron chi connectivity index (χ0n) is 12.5. The predicted octanol–water partition coefficient (Wildman–Crippen LogP) is 4.88. The molecule has 1 atom stereocenters. The first-order valence-electron chi connectivity index (χ1n) is 7.63. The summed E-state index contributed by atoms with van der Waals surface area (Å²) < 4.78 is 0. The van der Waals surface area contributed by atoms with Crippen molar-refractivity contribution in [3.05, 3.63) is 39.9 Å². The number of benzene rings is 1. The third kappa shape index (κ3) is 3.31. The number of hydrogen-bond acceptors (Lipinski definition) is 3. The Labute approximate surface area is 135 Å². The summed E-state index contributed by atoms with van der Waals surface area (Å²) >= 11 is 8.13. The zero-order valence-corrected chi connectivity index (χ0v) is 14.1. The van der Waals surface area contributed by atoms with Gasteiger partial charge in [0.05, 0.1) is 10.7 Å². The highest BCUT2D eigenvalue weighted by Crippen LogP contribution is 2.39. The van der Waals surface area contributed by atoms with Crippen molar-refractivity contribution in [1.82, 2.24) is 10.3 Å². The van der Waals surface area contributed by atoms with E-state index in [0.29, 0.717) is 12.0 Å². The molecule has 0 fully saturated rings. The summed E-state index contributed by atoms with van der Waals surface area (Å²) in [7, 11) is 0. The summed E-state index contributed by atoms with van der Waals surface area (Å²) in [4.78, 5) is 6.39. The molecule has 0 bridgehead atoms. The Morgan fingerprint density at radius 3 is 2.95 bits per heavy atom. The Morgan fingerprint density at radius 1 is 1.38 bits per heavy atom. The topological polar surface area (TPSA) is 24.9 Å². The Balaban J connectivity index is 1.89. The van der Waals surface area contributed by atoms with Crippen molar-refractivity contribution >= 4 is 22.9 Å². The van der Waals surface area contributed by atoms with Gasteiger partial charge in [0.25, 0.3) is 0 Å². The lowest BCUT2D eigenvalue weighted by Gasteiger charge is -2.22.